The standard InChI is InChI=1S/C38H39N/c1-3-12-28(13-4-1)30-22-24-33(25-23-30)39(34-18-11-17-31(26-34)29-14-5-2-6-15-29)38-27-32-16-7-8-19-35(32)36-20-9-10-21-37(36)38/h7-11,16-29H,1-6,12-15H2. The van der Waals surface area contributed by atoms with Crippen LogP contribution in [0.15, 0.2) is 103 Å². The van der Waals surface area contributed by atoms with Gasteiger partial charge in [0.15, 0.2) is 0 Å². The normalized spacial score (nSPS) is 17.0. The summed E-state index contributed by atoms with van der Waals surface area (Å²) in [4.78, 5) is 2.52. The number of rotatable bonds is 5. The number of hydrogen-bond acceptors (Lipinski definition) is 1. The molecule has 1 nitrogen and oxygen atoms in total. The summed E-state index contributed by atoms with van der Waals surface area (Å²) in [5, 5.41) is 5.23. The zero-order valence-corrected chi connectivity index (χ0v) is 23.0. The molecule has 0 heterocycles. The van der Waals surface area contributed by atoms with E-state index in [0.717, 1.165) is 5.92 Å². The first-order valence-corrected chi connectivity index (χ1v) is 15.3. The molecule has 39 heavy (non-hydrogen) atoms. The van der Waals surface area contributed by atoms with Crippen LogP contribution in [0.4, 0.5) is 17.1 Å². The van der Waals surface area contributed by atoms with Crippen molar-refractivity contribution in [2.45, 2.75) is 76.0 Å². The van der Waals surface area contributed by atoms with Crippen LogP contribution in [0.3, 0.4) is 0 Å². The largest absolute Gasteiger partial charge is 0.310 e. The average molecular weight is 510 g/mol. The predicted molar refractivity (Wildman–Crippen MR) is 168 cm³/mol. The molecule has 0 N–H and O–H groups in total. The highest BCUT2D eigenvalue weighted by Crippen LogP contribution is 2.44. The van der Waals surface area contributed by atoms with Gasteiger partial charge in [0.1, 0.15) is 0 Å². The van der Waals surface area contributed by atoms with Crippen LogP contribution in [0.1, 0.15) is 87.2 Å². The summed E-state index contributed by atoms with van der Waals surface area (Å²) in [6, 6.07) is 39.2. The van der Waals surface area contributed by atoms with E-state index in [-0.39, 0.29) is 0 Å². The molecule has 196 valence electrons. The summed E-state index contributed by atoms with van der Waals surface area (Å²) < 4.78 is 0. The number of fused-ring (bicyclic) bond motifs is 3. The van der Waals surface area contributed by atoms with Gasteiger partial charge in [-0.1, -0.05) is 111 Å². The van der Waals surface area contributed by atoms with Gasteiger partial charge in [0, 0.05) is 16.8 Å². The Labute approximate surface area is 233 Å². The van der Waals surface area contributed by atoms with Crippen molar-refractivity contribution in [1.82, 2.24) is 0 Å². The zero-order chi connectivity index (χ0) is 26.0. The van der Waals surface area contributed by atoms with Crippen LogP contribution in [0.2, 0.25) is 0 Å². The van der Waals surface area contributed by atoms with Gasteiger partial charge in [-0.05, 0) is 95.1 Å². The van der Waals surface area contributed by atoms with Gasteiger partial charge in [-0.25, -0.2) is 0 Å². The second kappa shape index (κ2) is 10.9. The molecule has 0 bridgehead atoms. The molecule has 5 aromatic carbocycles. The van der Waals surface area contributed by atoms with Gasteiger partial charge >= 0.3 is 0 Å². The maximum atomic E-state index is 2.52. The third-order valence-electron chi connectivity index (χ3n) is 9.42. The molecular weight excluding hydrogens is 470 g/mol. The van der Waals surface area contributed by atoms with E-state index in [1.165, 1.54) is 114 Å². The summed E-state index contributed by atoms with van der Waals surface area (Å²) in [5.74, 6) is 1.40. The van der Waals surface area contributed by atoms with Crippen molar-refractivity contribution in [2.24, 2.45) is 0 Å². The summed E-state index contributed by atoms with van der Waals surface area (Å²) in [5.41, 5.74) is 6.79. The van der Waals surface area contributed by atoms with Crippen LogP contribution in [0.5, 0.6) is 0 Å². The molecule has 0 aliphatic heterocycles. The van der Waals surface area contributed by atoms with Crippen molar-refractivity contribution >= 4 is 38.6 Å². The lowest BCUT2D eigenvalue weighted by Crippen LogP contribution is -2.12. The summed E-state index contributed by atoms with van der Waals surface area (Å²) in [6.45, 7) is 0. The topological polar surface area (TPSA) is 3.24 Å². The number of hydrogen-bond donors (Lipinski definition) is 0. The van der Waals surface area contributed by atoms with Gasteiger partial charge in [-0.2, -0.15) is 0 Å². The highest BCUT2D eigenvalue weighted by Gasteiger charge is 2.21. The first kappa shape index (κ1) is 24.5. The Morgan fingerprint density at radius 1 is 0.436 bits per heavy atom. The van der Waals surface area contributed by atoms with E-state index < -0.39 is 0 Å². The van der Waals surface area contributed by atoms with Crippen molar-refractivity contribution in [1.29, 1.82) is 0 Å². The lowest BCUT2D eigenvalue weighted by Gasteiger charge is -2.30. The zero-order valence-electron chi connectivity index (χ0n) is 23.0. The van der Waals surface area contributed by atoms with Crippen LogP contribution in [-0.4, -0.2) is 0 Å². The van der Waals surface area contributed by atoms with E-state index in [4.69, 9.17) is 0 Å². The fourth-order valence-corrected chi connectivity index (χ4v) is 7.33. The highest BCUT2D eigenvalue weighted by molar-refractivity contribution is 6.14. The summed E-state index contributed by atoms with van der Waals surface area (Å²) in [6.07, 6.45) is 13.5. The van der Waals surface area contributed by atoms with Gasteiger partial charge < -0.3 is 4.90 Å². The smallest absolute Gasteiger partial charge is 0.0546 e. The molecule has 0 spiro atoms. The molecule has 0 radical (unpaired) electrons. The molecule has 0 unspecified atom stereocenters. The Hall–Kier alpha value is -3.58. The van der Waals surface area contributed by atoms with E-state index in [0.29, 0.717) is 5.92 Å². The van der Waals surface area contributed by atoms with Crippen LogP contribution in [-0.2, 0) is 0 Å². The highest BCUT2D eigenvalue weighted by atomic mass is 15.1. The van der Waals surface area contributed by atoms with Gasteiger partial charge in [-0.15, -0.1) is 0 Å². The third kappa shape index (κ3) is 4.84. The molecule has 7 rings (SSSR count). The van der Waals surface area contributed by atoms with E-state index >= 15 is 0 Å². The molecule has 2 fully saturated rings. The minimum absolute atomic E-state index is 0.683. The van der Waals surface area contributed by atoms with Crippen molar-refractivity contribution in [2.75, 3.05) is 4.90 Å². The molecule has 0 aromatic heterocycles. The van der Waals surface area contributed by atoms with Crippen molar-refractivity contribution in [3.63, 3.8) is 0 Å². The van der Waals surface area contributed by atoms with Gasteiger partial charge in [0.2, 0.25) is 0 Å². The van der Waals surface area contributed by atoms with Crippen LogP contribution in [0.25, 0.3) is 21.5 Å². The molecule has 5 aromatic rings. The van der Waals surface area contributed by atoms with Gasteiger partial charge in [0.05, 0.1) is 5.69 Å². The maximum Gasteiger partial charge on any atom is 0.0546 e. The quantitative estimate of drug-likeness (QED) is 0.213. The summed E-state index contributed by atoms with van der Waals surface area (Å²) >= 11 is 0. The minimum atomic E-state index is 0.683. The second-order valence-electron chi connectivity index (χ2n) is 11.9. The number of nitrogens with zero attached hydrogens (tertiary/aromatic N) is 1. The first-order chi connectivity index (χ1) is 19.3. The number of benzene rings is 5. The molecular formula is C38H39N. The Bertz CT molecular complexity index is 1570. The lowest BCUT2D eigenvalue weighted by molar-refractivity contribution is 0.443. The van der Waals surface area contributed by atoms with Crippen molar-refractivity contribution in [3.8, 4) is 0 Å². The average Bonchev–Trinajstić information content (AvgIpc) is 3.03. The van der Waals surface area contributed by atoms with E-state index in [9.17, 15) is 0 Å². The molecule has 0 saturated heterocycles. The van der Waals surface area contributed by atoms with Crippen LogP contribution >= 0.6 is 0 Å². The fourth-order valence-electron chi connectivity index (χ4n) is 7.33. The monoisotopic (exact) mass is 509 g/mol. The van der Waals surface area contributed by atoms with E-state index in [1.807, 2.05) is 0 Å². The predicted octanol–water partition coefficient (Wildman–Crippen LogP) is 11.6. The molecule has 0 atom stereocenters. The summed E-state index contributed by atoms with van der Waals surface area (Å²) in [7, 11) is 0. The number of anilines is 3. The molecule has 2 aliphatic rings. The molecule has 0 amide bonds. The Morgan fingerprint density at radius 2 is 1.05 bits per heavy atom. The van der Waals surface area contributed by atoms with Crippen LogP contribution in [0, 0.1) is 0 Å². The Morgan fingerprint density at radius 3 is 1.77 bits per heavy atom. The second-order valence-corrected chi connectivity index (χ2v) is 11.9. The Kier molecular flexibility index (Phi) is 6.83. The maximum absolute atomic E-state index is 2.52. The van der Waals surface area contributed by atoms with Crippen molar-refractivity contribution < 1.29 is 0 Å². The van der Waals surface area contributed by atoms with Gasteiger partial charge in [0.25, 0.3) is 0 Å². The van der Waals surface area contributed by atoms with Crippen LogP contribution < -0.4 is 4.90 Å². The third-order valence-corrected chi connectivity index (χ3v) is 9.42. The van der Waals surface area contributed by atoms with E-state index in [1.54, 1.807) is 0 Å². The minimum Gasteiger partial charge on any atom is -0.310 e. The molecule has 1 heteroatoms. The molecule has 2 aliphatic carbocycles. The molecule has 2 saturated carbocycles. The fraction of sp³-hybridized carbons (Fsp3) is 0.316. The van der Waals surface area contributed by atoms with E-state index in [2.05, 4.69) is 108 Å². The van der Waals surface area contributed by atoms with Gasteiger partial charge in [-0.3, -0.25) is 0 Å². The first-order valence-electron chi connectivity index (χ1n) is 15.3. The lowest BCUT2D eigenvalue weighted by atomic mass is 9.84. The van der Waals surface area contributed by atoms with Crippen molar-refractivity contribution in [3.05, 3.63) is 114 Å². The SMILES string of the molecule is c1cc(C2CCCCC2)cc(N(c2ccc(C3CCCCC3)cc2)c2cc3ccccc3c3ccccc23)c1. The Balaban J connectivity index is 1.39.